The maximum Gasteiger partial charge on any atom is 0.144 e. The van der Waals surface area contributed by atoms with Crippen LogP contribution >= 0.6 is 18.7 Å². The Balaban J connectivity index is 2.02. The molecule has 0 radical (unpaired) electrons. The summed E-state index contributed by atoms with van der Waals surface area (Å²) in [5.74, 6) is -0.0186. The van der Waals surface area contributed by atoms with E-state index in [1.807, 2.05) is 84.9 Å². The molecule has 0 aliphatic carbocycles. The molecule has 3 aromatic rings. The lowest BCUT2D eigenvalue weighted by atomic mass is 10.0. The molecule has 1 atom stereocenters. The van der Waals surface area contributed by atoms with E-state index in [2.05, 4.69) is 6.07 Å². The summed E-state index contributed by atoms with van der Waals surface area (Å²) in [5.41, 5.74) is 1.87. The van der Waals surface area contributed by atoms with Crippen molar-refractivity contribution in [2.45, 2.75) is 11.8 Å². The maximum atomic E-state index is 14.1. The molecule has 0 aliphatic rings. The molecule has 0 bridgehead atoms. The molecule has 2 nitrogen and oxygen atoms in total. The lowest BCUT2D eigenvalue weighted by Crippen LogP contribution is -2.21. The number of benzene rings is 3. The van der Waals surface area contributed by atoms with E-state index < -0.39 is 13.1 Å². The van der Waals surface area contributed by atoms with Gasteiger partial charge in [0.1, 0.15) is 7.14 Å². The summed E-state index contributed by atoms with van der Waals surface area (Å²) in [6.45, 7) is 0. The summed E-state index contributed by atoms with van der Waals surface area (Å²) in [6, 6.07) is 28.9. The van der Waals surface area contributed by atoms with Gasteiger partial charge in [-0.05, 0) is 11.1 Å². The van der Waals surface area contributed by atoms with Crippen LogP contribution in [0.4, 0.5) is 0 Å². The molecule has 3 aromatic carbocycles. The van der Waals surface area contributed by atoms with Crippen LogP contribution in [0.5, 0.6) is 0 Å². The second-order valence-electron chi connectivity index (χ2n) is 6.15. The van der Waals surface area contributed by atoms with Crippen molar-refractivity contribution in [3.05, 3.63) is 96.1 Å². The fourth-order valence-corrected chi connectivity index (χ4v) is 6.03. The van der Waals surface area contributed by atoms with Gasteiger partial charge in [0.15, 0.2) is 0 Å². The SMILES string of the molecule is N#C[C@H](CP(=O)(c1ccccc1)c1ccccc1)c1ccc(CCl)cc1. The van der Waals surface area contributed by atoms with Gasteiger partial charge in [-0.1, -0.05) is 84.9 Å². The summed E-state index contributed by atoms with van der Waals surface area (Å²) in [6.07, 6.45) is 0.276. The number of hydrogen-bond acceptors (Lipinski definition) is 2. The van der Waals surface area contributed by atoms with E-state index in [0.717, 1.165) is 21.7 Å². The average Bonchev–Trinajstić information content (AvgIpc) is 2.73. The summed E-state index contributed by atoms with van der Waals surface area (Å²) in [7, 11) is -2.93. The smallest absolute Gasteiger partial charge is 0.144 e. The van der Waals surface area contributed by atoms with Gasteiger partial charge in [0, 0.05) is 22.7 Å². The van der Waals surface area contributed by atoms with Crippen molar-refractivity contribution in [2.24, 2.45) is 0 Å². The second-order valence-corrected chi connectivity index (χ2v) is 9.29. The molecule has 0 N–H and O–H groups in total. The Morgan fingerprint density at radius 3 is 1.77 bits per heavy atom. The summed E-state index contributed by atoms with van der Waals surface area (Å²) < 4.78 is 14.1. The molecule has 0 aromatic heterocycles. The predicted octanol–water partition coefficient (Wildman–Crippen LogP) is 5.05. The fraction of sp³-hybridized carbons (Fsp3) is 0.136. The number of nitriles is 1. The molecule has 0 fully saturated rings. The Bertz CT molecular complexity index is 890. The Labute approximate surface area is 159 Å². The van der Waals surface area contributed by atoms with Crippen LogP contribution < -0.4 is 10.6 Å². The van der Waals surface area contributed by atoms with E-state index in [1.165, 1.54) is 0 Å². The highest BCUT2D eigenvalue weighted by molar-refractivity contribution is 7.78. The third-order valence-corrected chi connectivity index (χ3v) is 7.93. The van der Waals surface area contributed by atoms with Gasteiger partial charge in [-0.3, -0.25) is 0 Å². The van der Waals surface area contributed by atoms with Crippen LogP contribution in [0.1, 0.15) is 17.0 Å². The zero-order chi connectivity index (χ0) is 18.4. The standard InChI is InChI=1S/C22H19ClNOP/c23-15-18-11-13-19(14-12-18)20(16-24)17-26(25,21-7-3-1-4-8-21)22-9-5-2-6-10-22/h1-14,20H,15,17H2/t20-/m1/s1. The first-order chi connectivity index (χ1) is 12.7. The minimum absolute atomic E-state index is 0.276. The predicted molar refractivity (Wildman–Crippen MR) is 109 cm³/mol. The lowest BCUT2D eigenvalue weighted by molar-refractivity contribution is 0.585. The quantitative estimate of drug-likeness (QED) is 0.444. The molecular weight excluding hydrogens is 361 g/mol. The van der Waals surface area contributed by atoms with E-state index in [9.17, 15) is 9.83 Å². The molecule has 3 rings (SSSR count). The van der Waals surface area contributed by atoms with Gasteiger partial charge in [-0.25, -0.2) is 0 Å². The topological polar surface area (TPSA) is 40.9 Å². The molecule has 0 heterocycles. The first kappa shape index (κ1) is 18.5. The third kappa shape index (κ3) is 3.91. The minimum Gasteiger partial charge on any atom is -0.314 e. The van der Waals surface area contributed by atoms with Crippen molar-refractivity contribution in [3.63, 3.8) is 0 Å². The van der Waals surface area contributed by atoms with E-state index in [1.54, 1.807) is 0 Å². The molecule has 0 saturated carbocycles. The largest absolute Gasteiger partial charge is 0.314 e. The Morgan fingerprint density at radius 1 is 0.846 bits per heavy atom. The summed E-state index contributed by atoms with van der Waals surface area (Å²) in [5, 5.41) is 11.3. The van der Waals surface area contributed by atoms with E-state index >= 15 is 0 Å². The van der Waals surface area contributed by atoms with Crippen molar-refractivity contribution in [1.29, 1.82) is 5.26 Å². The number of hydrogen-bond donors (Lipinski definition) is 0. The normalized spacial score (nSPS) is 12.3. The Morgan fingerprint density at radius 2 is 1.35 bits per heavy atom. The van der Waals surface area contributed by atoms with Gasteiger partial charge in [-0.2, -0.15) is 5.26 Å². The van der Waals surface area contributed by atoms with Crippen molar-refractivity contribution < 1.29 is 4.57 Å². The molecule has 0 saturated heterocycles. The average molecular weight is 380 g/mol. The molecule has 130 valence electrons. The highest BCUT2D eigenvalue weighted by Crippen LogP contribution is 2.47. The van der Waals surface area contributed by atoms with Crippen LogP contribution in [0.15, 0.2) is 84.9 Å². The number of alkyl halides is 1. The Hall–Kier alpha value is -2.33. The molecule has 26 heavy (non-hydrogen) atoms. The van der Waals surface area contributed by atoms with Crippen molar-refractivity contribution in [2.75, 3.05) is 6.16 Å². The number of nitrogens with zero attached hydrogens (tertiary/aromatic N) is 1. The zero-order valence-corrected chi connectivity index (χ0v) is 15.9. The lowest BCUT2D eigenvalue weighted by Gasteiger charge is -2.22. The van der Waals surface area contributed by atoms with Gasteiger partial charge in [0.2, 0.25) is 0 Å². The third-order valence-electron chi connectivity index (χ3n) is 4.48. The maximum absolute atomic E-state index is 14.1. The van der Waals surface area contributed by atoms with Gasteiger partial charge in [-0.15, -0.1) is 11.6 Å². The molecule has 0 amide bonds. The van der Waals surface area contributed by atoms with Gasteiger partial charge in [0.05, 0.1) is 12.0 Å². The van der Waals surface area contributed by atoms with Gasteiger partial charge >= 0.3 is 0 Å². The Kier molecular flexibility index (Phi) is 5.94. The van der Waals surface area contributed by atoms with Crippen LogP contribution in [0.25, 0.3) is 0 Å². The van der Waals surface area contributed by atoms with Gasteiger partial charge in [0.25, 0.3) is 0 Å². The van der Waals surface area contributed by atoms with Gasteiger partial charge < -0.3 is 4.57 Å². The van der Waals surface area contributed by atoms with Crippen LogP contribution in [-0.2, 0) is 10.4 Å². The van der Waals surface area contributed by atoms with Crippen molar-refractivity contribution in [3.8, 4) is 6.07 Å². The first-order valence-corrected chi connectivity index (χ1v) is 10.8. The minimum atomic E-state index is -2.93. The second kappa shape index (κ2) is 8.37. The van der Waals surface area contributed by atoms with Crippen molar-refractivity contribution in [1.82, 2.24) is 0 Å². The summed E-state index contributed by atoms with van der Waals surface area (Å²) in [4.78, 5) is 0. The van der Waals surface area contributed by atoms with Crippen LogP contribution in [0.2, 0.25) is 0 Å². The number of rotatable bonds is 6. The monoisotopic (exact) mass is 379 g/mol. The molecule has 0 unspecified atom stereocenters. The zero-order valence-electron chi connectivity index (χ0n) is 14.3. The first-order valence-electron chi connectivity index (χ1n) is 8.42. The van der Waals surface area contributed by atoms with E-state index in [0.29, 0.717) is 5.88 Å². The molecule has 0 aliphatic heterocycles. The molecular formula is C22H19ClNOP. The van der Waals surface area contributed by atoms with Crippen LogP contribution in [0.3, 0.4) is 0 Å². The van der Waals surface area contributed by atoms with Crippen molar-refractivity contribution >= 4 is 29.4 Å². The highest BCUT2D eigenvalue weighted by Gasteiger charge is 2.31. The van der Waals surface area contributed by atoms with E-state index in [4.69, 9.17) is 11.6 Å². The highest BCUT2D eigenvalue weighted by atomic mass is 35.5. The van der Waals surface area contributed by atoms with E-state index in [-0.39, 0.29) is 6.16 Å². The molecule has 4 heteroatoms. The van der Waals surface area contributed by atoms with Crippen LogP contribution in [-0.4, -0.2) is 6.16 Å². The number of halogens is 1. The summed E-state index contributed by atoms with van der Waals surface area (Å²) >= 11 is 5.85. The molecule has 0 spiro atoms. The van der Waals surface area contributed by atoms with Crippen LogP contribution in [0, 0.1) is 11.3 Å². The fourth-order valence-electron chi connectivity index (χ4n) is 3.01.